The van der Waals surface area contributed by atoms with E-state index in [1.165, 1.54) is 23.7 Å². The van der Waals surface area contributed by atoms with Gasteiger partial charge in [0, 0.05) is 31.2 Å². The van der Waals surface area contributed by atoms with Crippen LogP contribution < -0.4 is 10.6 Å². The number of aromatic nitrogens is 1. The lowest BCUT2D eigenvalue weighted by molar-refractivity contribution is -0.103. The van der Waals surface area contributed by atoms with Crippen LogP contribution in [0, 0.1) is 17.4 Å². The number of hydrogen-bond donors (Lipinski definition) is 2. The van der Waals surface area contributed by atoms with E-state index < -0.39 is 10.0 Å². The largest absolute Gasteiger partial charge is 0.355 e. The highest BCUT2D eigenvalue weighted by molar-refractivity contribution is 7.88. The van der Waals surface area contributed by atoms with Gasteiger partial charge in [0.05, 0.1) is 12.4 Å². The maximum Gasteiger partial charge on any atom is 0.235 e. The van der Waals surface area contributed by atoms with Crippen LogP contribution in [0.3, 0.4) is 0 Å². The van der Waals surface area contributed by atoms with E-state index in [9.17, 15) is 8.42 Å². The smallest absolute Gasteiger partial charge is 0.235 e. The van der Waals surface area contributed by atoms with Gasteiger partial charge in [0.25, 0.3) is 0 Å². The summed E-state index contributed by atoms with van der Waals surface area (Å²) in [5.41, 5.74) is 0.784. The van der Waals surface area contributed by atoms with Crippen molar-refractivity contribution in [3.63, 3.8) is 0 Å². The highest BCUT2D eigenvalue weighted by atomic mass is 32.2. The average molecular weight is 451 g/mol. The summed E-state index contributed by atoms with van der Waals surface area (Å²) in [5.74, 6) is 0.867. The number of hydrogen-bond acceptors (Lipinski definition) is 6. The Morgan fingerprint density at radius 3 is 2.68 bits per heavy atom. The molecule has 1 aromatic heterocycles. The average Bonchev–Trinajstić information content (AvgIpc) is 2.79. The van der Waals surface area contributed by atoms with Crippen LogP contribution >= 0.6 is 0 Å². The van der Waals surface area contributed by atoms with Gasteiger partial charge >= 0.3 is 0 Å². The summed E-state index contributed by atoms with van der Waals surface area (Å²) < 4.78 is 25.9. The number of nitrogens with zero attached hydrogens (tertiary/aromatic N) is 4. The normalized spacial score (nSPS) is 15.6. The molecule has 1 fully saturated rings. The van der Waals surface area contributed by atoms with E-state index in [1.807, 2.05) is 0 Å². The first-order valence-electron chi connectivity index (χ1n) is 11.1. The Hall–Kier alpha value is -2.22. The third-order valence-electron chi connectivity index (χ3n) is 5.27. The van der Waals surface area contributed by atoms with Crippen LogP contribution in [0.4, 0.5) is 5.69 Å². The monoisotopic (exact) mass is 450 g/mol. The molecule has 0 bridgehead atoms. The molecular formula is C21H34N6O3S. The molecule has 1 heterocycles. The summed E-state index contributed by atoms with van der Waals surface area (Å²) in [6.45, 7) is 3.09. The molecule has 1 aliphatic carbocycles. The second-order valence-electron chi connectivity index (χ2n) is 7.64. The maximum absolute atomic E-state index is 12.4. The van der Waals surface area contributed by atoms with Crippen molar-refractivity contribution in [1.29, 1.82) is 5.26 Å². The third-order valence-corrected chi connectivity index (χ3v) is 6.91. The molecule has 0 amide bonds. The number of guanidine groups is 1. The van der Waals surface area contributed by atoms with E-state index in [4.69, 9.17) is 10.1 Å². The highest BCUT2D eigenvalue weighted by Gasteiger charge is 2.23. The number of rotatable bonds is 12. The van der Waals surface area contributed by atoms with Crippen LogP contribution in [0.15, 0.2) is 29.5 Å². The van der Waals surface area contributed by atoms with Gasteiger partial charge in [-0.25, -0.2) is 8.42 Å². The Morgan fingerprint density at radius 2 is 2.00 bits per heavy atom. The molecule has 1 aromatic rings. The van der Waals surface area contributed by atoms with Crippen molar-refractivity contribution in [3.8, 4) is 6.19 Å². The van der Waals surface area contributed by atoms with Crippen LogP contribution in [0.2, 0.25) is 0 Å². The van der Waals surface area contributed by atoms with Gasteiger partial charge in [0.2, 0.25) is 22.2 Å². The Bertz CT molecular complexity index is 804. The minimum atomic E-state index is -3.38. The SMILES string of the molecule is CCS(=O)(=O)N(CCCCCN/C(=N\C#N)Nc1ccncc1)OCC1CCCCC1. The number of unbranched alkanes of at least 4 members (excludes halogenated alkanes) is 2. The second kappa shape index (κ2) is 14.0. The number of nitrogens with one attached hydrogen (secondary N) is 2. The van der Waals surface area contributed by atoms with Crippen molar-refractivity contribution in [2.24, 2.45) is 10.9 Å². The third kappa shape index (κ3) is 9.63. The number of nitriles is 1. The lowest BCUT2D eigenvalue weighted by atomic mass is 9.90. The van der Waals surface area contributed by atoms with Crippen molar-refractivity contribution in [2.45, 2.75) is 58.3 Å². The lowest BCUT2D eigenvalue weighted by Crippen LogP contribution is -2.35. The van der Waals surface area contributed by atoms with Crippen molar-refractivity contribution in [2.75, 3.05) is 30.8 Å². The van der Waals surface area contributed by atoms with Crippen LogP contribution in [-0.2, 0) is 14.9 Å². The molecule has 2 rings (SSSR count). The fraction of sp³-hybridized carbons (Fsp3) is 0.667. The van der Waals surface area contributed by atoms with E-state index >= 15 is 0 Å². The fourth-order valence-electron chi connectivity index (χ4n) is 3.45. The summed E-state index contributed by atoms with van der Waals surface area (Å²) >= 11 is 0. The standard InChI is InChI=1S/C21H34N6O3S/c1-2-31(28,29)27(30-17-19-9-5-3-6-10-19)16-8-4-7-13-24-21(25-18-22)26-20-11-14-23-15-12-20/h11-12,14-15,19H,2-10,13,16-17H2,1H3,(H2,23,24,25,26). The van der Waals surface area contributed by atoms with Crippen LogP contribution in [0.1, 0.15) is 58.3 Å². The molecule has 31 heavy (non-hydrogen) atoms. The summed E-state index contributed by atoms with van der Waals surface area (Å²) in [4.78, 5) is 13.4. The molecule has 9 nitrogen and oxygen atoms in total. The van der Waals surface area contributed by atoms with E-state index in [0.29, 0.717) is 38.0 Å². The highest BCUT2D eigenvalue weighted by Crippen LogP contribution is 2.24. The van der Waals surface area contributed by atoms with E-state index in [0.717, 1.165) is 31.4 Å². The van der Waals surface area contributed by atoms with Crippen molar-refractivity contribution >= 4 is 21.7 Å². The molecule has 10 heteroatoms. The molecule has 0 radical (unpaired) electrons. The van der Waals surface area contributed by atoms with Crippen molar-refractivity contribution < 1.29 is 13.3 Å². The van der Waals surface area contributed by atoms with Crippen LogP contribution in [-0.4, -0.2) is 49.3 Å². The Morgan fingerprint density at radius 1 is 1.26 bits per heavy atom. The van der Waals surface area contributed by atoms with Gasteiger partial charge in [0.1, 0.15) is 0 Å². The molecule has 0 atom stereocenters. The molecule has 0 spiro atoms. The minimum absolute atomic E-state index is 0.0356. The van der Waals surface area contributed by atoms with E-state index in [1.54, 1.807) is 37.6 Å². The predicted molar refractivity (Wildman–Crippen MR) is 121 cm³/mol. The number of hydroxylamine groups is 1. The van der Waals surface area contributed by atoms with Gasteiger partial charge in [0.15, 0.2) is 0 Å². The van der Waals surface area contributed by atoms with Crippen LogP contribution in [0.5, 0.6) is 0 Å². The Balaban J connectivity index is 1.70. The minimum Gasteiger partial charge on any atom is -0.355 e. The lowest BCUT2D eigenvalue weighted by Gasteiger charge is -2.26. The first-order chi connectivity index (χ1) is 15.0. The van der Waals surface area contributed by atoms with E-state index in [-0.39, 0.29) is 5.75 Å². The fourth-order valence-corrected chi connectivity index (χ4v) is 4.37. The number of aliphatic imine (C=N–C) groups is 1. The number of pyridine rings is 1. The quantitative estimate of drug-likeness (QED) is 0.165. The van der Waals surface area contributed by atoms with Crippen molar-refractivity contribution in [3.05, 3.63) is 24.5 Å². The summed E-state index contributed by atoms with van der Waals surface area (Å²) in [6.07, 6.45) is 13.3. The molecule has 172 valence electrons. The molecule has 1 saturated carbocycles. The molecule has 0 unspecified atom stereocenters. The zero-order valence-electron chi connectivity index (χ0n) is 18.3. The number of anilines is 1. The molecular weight excluding hydrogens is 416 g/mol. The summed E-state index contributed by atoms with van der Waals surface area (Å²) in [5, 5.41) is 15.0. The molecule has 0 aliphatic heterocycles. The first-order valence-corrected chi connectivity index (χ1v) is 12.7. The maximum atomic E-state index is 12.4. The van der Waals surface area contributed by atoms with Gasteiger partial charge in [-0.1, -0.05) is 30.2 Å². The zero-order valence-corrected chi connectivity index (χ0v) is 19.1. The molecule has 2 N–H and O–H groups in total. The molecule has 0 saturated heterocycles. The van der Waals surface area contributed by atoms with Gasteiger partial charge in [-0.3, -0.25) is 9.82 Å². The van der Waals surface area contributed by atoms with Crippen molar-refractivity contribution in [1.82, 2.24) is 14.8 Å². The Labute approximate surface area is 185 Å². The van der Waals surface area contributed by atoms with Crippen LogP contribution in [0.25, 0.3) is 0 Å². The Kier molecular flexibility index (Phi) is 11.3. The number of sulfonamides is 1. The van der Waals surface area contributed by atoms with Gasteiger partial charge in [-0.05, 0) is 50.7 Å². The topological polar surface area (TPSA) is 120 Å². The zero-order chi connectivity index (χ0) is 22.4. The predicted octanol–water partition coefficient (Wildman–Crippen LogP) is 3.25. The molecule has 1 aliphatic rings. The second-order valence-corrected chi connectivity index (χ2v) is 9.78. The first kappa shape index (κ1) is 25.0. The van der Waals surface area contributed by atoms with Gasteiger partial charge in [-0.2, -0.15) is 5.26 Å². The summed E-state index contributed by atoms with van der Waals surface area (Å²) in [6, 6.07) is 3.56. The van der Waals surface area contributed by atoms with Gasteiger partial charge in [-0.15, -0.1) is 4.99 Å². The summed E-state index contributed by atoms with van der Waals surface area (Å²) in [7, 11) is -3.38. The van der Waals surface area contributed by atoms with E-state index in [2.05, 4.69) is 20.6 Å². The van der Waals surface area contributed by atoms with Gasteiger partial charge < -0.3 is 10.6 Å². The molecule has 0 aromatic carbocycles.